The minimum atomic E-state index is 0.693. The van der Waals surface area contributed by atoms with Crippen molar-refractivity contribution in [2.75, 3.05) is 6.54 Å². The van der Waals surface area contributed by atoms with Crippen LogP contribution >= 0.6 is 0 Å². The summed E-state index contributed by atoms with van der Waals surface area (Å²) in [6.45, 7) is 2.64. The fourth-order valence-electron chi connectivity index (χ4n) is 2.66. The van der Waals surface area contributed by atoms with Crippen molar-refractivity contribution < 1.29 is 0 Å². The summed E-state index contributed by atoms with van der Waals surface area (Å²) in [5.74, 6) is 1.68. The number of imidazole rings is 1. The molecule has 0 aliphatic carbocycles. The second-order valence-corrected chi connectivity index (χ2v) is 5.29. The van der Waals surface area contributed by atoms with E-state index in [0.717, 1.165) is 43.1 Å². The average molecular weight is 293 g/mol. The minimum absolute atomic E-state index is 0.693. The van der Waals surface area contributed by atoms with E-state index in [1.807, 2.05) is 12.4 Å². The van der Waals surface area contributed by atoms with Crippen LogP contribution in [-0.2, 0) is 19.5 Å². The van der Waals surface area contributed by atoms with E-state index in [1.165, 1.54) is 11.9 Å². The van der Waals surface area contributed by atoms with Gasteiger partial charge in [0.05, 0.1) is 17.8 Å². The fraction of sp³-hybridized carbons (Fsp3) is 0.267. The maximum Gasteiger partial charge on any atom is 0.162 e. The van der Waals surface area contributed by atoms with E-state index in [2.05, 4.69) is 34.8 Å². The Labute approximate surface area is 127 Å². The summed E-state index contributed by atoms with van der Waals surface area (Å²) >= 11 is 0. The summed E-state index contributed by atoms with van der Waals surface area (Å²) in [6.07, 6.45) is 11.4. The van der Waals surface area contributed by atoms with Crippen LogP contribution < -0.4 is 0 Å². The molecule has 0 saturated heterocycles. The third kappa shape index (κ3) is 2.58. The quantitative estimate of drug-likeness (QED) is 0.781. The predicted octanol–water partition coefficient (Wildman–Crippen LogP) is 1.21. The van der Waals surface area contributed by atoms with Crippen LogP contribution in [0.1, 0.15) is 17.1 Å². The lowest BCUT2D eigenvalue weighted by Gasteiger charge is -2.27. The van der Waals surface area contributed by atoms with Crippen molar-refractivity contribution in [1.82, 2.24) is 34.8 Å². The van der Waals surface area contributed by atoms with Gasteiger partial charge in [0.25, 0.3) is 0 Å². The maximum absolute atomic E-state index is 4.67. The van der Waals surface area contributed by atoms with Crippen LogP contribution in [0.3, 0.4) is 0 Å². The molecule has 1 N–H and O–H groups in total. The van der Waals surface area contributed by atoms with E-state index in [1.54, 1.807) is 18.6 Å². The lowest BCUT2D eigenvalue weighted by molar-refractivity contribution is 0.237. The molecule has 0 unspecified atom stereocenters. The first-order chi connectivity index (χ1) is 10.9. The Hall–Kier alpha value is -2.67. The van der Waals surface area contributed by atoms with Crippen LogP contribution in [0, 0.1) is 0 Å². The van der Waals surface area contributed by atoms with Crippen LogP contribution in [-0.4, -0.2) is 41.3 Å². The Morgan fingerprint density at radius 2 is 2.05 bits per heavy atom. The zero-order chi connectivity index (χ0) is 14.8. The molecule has 7 nitrogen and oxygen atoms in total. The Bertz CT molecular complexity index is 755. The molecule has 1 aliphatic rings. The van der Waals surface area contributed by atoms with Crippen LogP contribution in [0.15, 0.2) is 37.3 Å². The van der Waals surface area contributed by atoms with Crippen molar-refractivity contribution in [2.24, 2.45) is 0 Å². The molecular formula is C15H15N7. The SMILES string of the molecule is c1ncc(-c2ncc3c(n2)CCN(Cc2ncc[nH]2)C3)cn1. The van der Waals surface area contributed by atoms with Crippen molar-refractivity contribution in [2.45, 2.75) is 19.5 Å². The van der Waals surface area contributed by atoms with E-state index in [-0.39, 0.29) is 0 Å². The largest absolute Gasteiger partial charge is 0.348 e. The minimum Gasteiger partial charge on any atom is -0.348 e. The van der Waals surface area contributed by atoms with Gasteiger partial charge in [-0.25, -0.2) is 24.9 Å². The summed E-state index contributed by atoms with van der Waals surface area (Å²) < 4.78 is 0. The van der Waals surface area contributed by atoms with Gasteiger partial charge in [-0.2, -0.15) is 0 Å². The molecule has 22 heavy (non-hydrogen) atoms. The second kappa shape index (κ2) is 5.61. The van der Waals surface area contributed by atoms with Gasteiger partial charge in [-0.1, -0.05) is 0 Å². The van der Waals surface area contributed by atoms with E-state index in [9.17, 15) is 0 Å². The molecule has 3 aromatic heterocycles. The van der Waals surface area contributed by atoms with E-state index in [0.29, 0.717) is 5.82 Å². The summed E-state index contributed by atoms with van der Waals surface area (Å²) in [6, 6.07) is 0. The van der Waals surface area contributed by atoms with Gasteiger partial charge in [0.15, 0.2) is 5.82 Å². The molecule has 3 aromatic rings. The summed E-state index contributed by atoms with van der Waals surface area (Å²) in [7, 11) is 0. The maximum atomic E-state index is 4.67. The topological polar surface area (TPSA) is 83.5 Å². The Kier molecular flexibility index (Phi) is 3.32. The molecule has 1 aliphatic heterocycles. The van der Waals surface area contributed by atoms with Gasteiger partial charge in [-0.3, -0.25) is 4.90 Å². The molecule has 4 heterocycles. The summed E-state index contributed by atoms with van der Waals surface area (Å²) in [4.78, 5) is 26.9. The zero-order valence-electron chi connectivity index (χ0n) is 12.0. The number of hydrogen-bond donors (Lipinski definition) is 1. The fourth-order valence-corrected chi connectivity index (χ4v) is 2.66. The normalized spacial score (nSPS) is 14.7. The number of aromatic amines is 1. The van der Waals surface area contributed by atoms with Gasteiger partial charge in [0.2, 0.25) is 0 Å². The number of fused-ring (bicyclic) bond motifs is 1. The van der Waals surface area contributed by atoms with Gasteiger partial charge in [-0.05, 0) is 0 Å². The van der Waals surface area contributed by atoms with E-state index in [4.69, 9.17) is 0 Å². The molecule has 0 radical (unpaired) electrons. The van der Waals surface area contributed by atoms with Gasteiger partial charge in [0.1, 0.15) is 12.2 Å². The van der Waals surface area contributed by atoms with Crippen LogP contribution in [0.2, 0.25) is 0 Å². The number of rotatable bonds is 3. The Morgan fingerprint density at radius 3 is 2.86 bits per heavy atom. The highest BCUT2D eigenvalue weighted by Gasteiger charge is 2.19. The third-order valence-electron chi connectivity index (χ3n) is 3.76. The molecule has 0 spiro atoms. The van der Waals surface area contributed by atoms with Gasteiger partial charge >= 0.3 is 0 Å². The van der Waals surface area contributed by atoms with Gasteiger partial charge in [0, 0.05) is 56.1 Å². The zero-order valence-corrected chi connectivity index (χ0v) is 12.0. The first kappa shape index (κ1) is 13.0. The Balaban J connectivity index is 1.54. The van der Waals surface area contributed by atoms with Gasteiger partial charge in [-0.15, -0.1) is 0 Å². The first-order valence-electron chi connectivity index (χ1n) is 7.19. The number of hydrogen-bond acceptors (Lipinski definition) is 6. The highest BCUT2D eigenvalue weighted by Crippen LogP contribution is 2.20. The molecule has 0 bridgehead atoms. The average Bonchev–Trinajstić information content (AvgIpc) is 3.08. The van der Waals surface area contributed by atoms with Crippen LogP contribution in [0.25, 0.3) is 11.4 Å². The lowest BCUT2D eigenvalue weighted by Crippen LogP contribution is -2.31. The van der Waals surface area contributed by atoms with Crippen molar-refractivity contribution in [3.05, 3.63) is 54.4 Å². The molecule has 0 amide bonds. The number of nitrogens with one attached hydrogen (secondary N) is 1. The molecule has 0 atom stereocenters. The second-order valence-electron chi connectivity index (χ2n) is 5.29. The van der Waals surface area contributed by atoms with Crippen molar-refractivity contribution in [1.29, 1.82) is 0 Å². The molecule has 4 rings (SSSR count). The van der Waals surface area contributed by atoms with E-state index < -0.39 is 0 Å². The van der Waals surface area contributed by atoms with E-state index >= 15 is 0 Å². The number of H-pyrrole nitrogens is 1. The first-order valence-corrected chi connectivity index (χ1v) is 7.19. The standard InChI is InChI=1S/C15H15N7/c1-4-22(9-14-18-2-3-19-14)8-12-7-20-15(21-13(1)12)11-5-16-10-17-6-11/h2-3,5-7,10H,1,4,8-9H2,(H,18,19). The van der Waals surface area contributed by atoms with Crippen molar-refractivity contribution in [3.8, 4) is 11.4 Å². The van der Waals surface area contributed by atoms with Crippen molar-refractivity contribution in [3.63, 3.8) is 0 Å². The monoisotopic (exact) mass is 293 g/mol. The molecular weight excluding hydrogens is 278 g/mol. The molecule has 0 fully saturated rings. The highest BCUT2D eigenvalue weighted by atomic mass is 15.2. The molecule has 110 valence electrons. The smallest absolute Gasteiger partial charge is 0.162 e. The lowest BCUT2D eigenvalue weighted by atomic mass is 10.1. The summed E-state index contributed by atoms with van der Waals surface area (Å²) in [5, 5.41) is 0. The molecule has 0 aromatic carbocycles. The predicted molar refractivity (Wildman–Crippen MR) is 79.5 cm³/mol. The number of aromatic nitrogens is 6. The highest BCUT2D eigenvalue weighted by molar-refractivity contribution is 5.52. The van der Waals surface area contributed by atoms with Crippen molar-refractivity contribution >= 4 is 0 Å². The summed E-state index contributed by atoms with van der Waals surface area (Å²) in [5.41, 5.74) is 3.14. The molecule has 0 saturated carbocycles. The van der Waals surface area contributed by atoms with Crippen LogP contribution in [0.4, 0.5) is 0 Å². The van der Waals surface area contributed by atoms with Gasteiger partial charge < -0.3 is 4.98 Å². The third-order valence-corrected chi connectivity index (χ3v) is 3.76. The Morgan fingerprint density at radius 1 is 1.14 bits per heavy atom. The number of nitrogens with zero attached hydrogens (tertiary/aromatic N) is 6. The molecule has 7 heteroatoms. The van der Waals surface area contributed by atoms with Crippen LogP contribution in [0.5, 0.6) is 0 Å².